The monoisotopic (exact) mass is 466 g/mol. The van der Waals surface area contributed by atoms with Crippen LogP contribution in [0.2, 0.25) is 0 Å². The molecule has 2 fully saturated rings. The van der Waals surface area contributed by atoms with E-state index in [0.29, 0.717) is 5.75 Å². The van der Waals surface area contributed by atoms with Gasteiger partial charge in [-0.2, -0.15) is 0 Å². The molecular weight excluding hydrogens is 440 g/mol. The lowest BCUT2D eigenvalue weighted by atomic mass is 9.98. The molecule has 3 aliphatic rings. The van der Waals surface area contributed by atoms with E-state index in [4.69, 9.17) is 4.74 Å². The van der Waals surface area contributed by atoms with Crippen LogP contribution in [0.15, 0.2) is 48.5 Å². The fourth-order valence-corrected chi connectivity index (χ4v) is 6.08. The summed E-state index contributed by atoms with van der Waals surface area (Å²) in [4.78, 5) is 39.0. The van der Waals surface area contributed by atoms with Crippen LogP contribution in [0.4, 0.5) is 4.79 Å². The maximum absolute atomic E-state index is 13.3. The molecule has 5 rings (SSSR count). The highest BCUT2D eigenvalue weighted by molar-refractivity contribution is 8.00. The van der Waals surface area contributed by atoms with Crippen molar-refractivity contribution in [1.29, 1.82) is 0 Å². The van der Waals surface area contributed by atoms with Gasteiger partial charge >= 0.3 is 12.1 Å². The van der Waals surface area contributed by atoms with E-state index >= 15 is 0 Å². The van der Waals surface area contributed by atoms with Crippen LogP contribution in [-0.2, 0) is 14.3 Å². The molecule has 3 unspecified atom stereocenters. The summed E-state index contributed by atoms with van der Waals surface area (Å²) in [6.45, 7) is 1.99. The van der Waals surface area contributed by atoms with Crippen LogP contribution in [0, 0.1) is 5.92 Å². The smallest absolute Gasteiger partial charge is 0.407 e. The van der Waals surface area contributed by atoms with Crippen LogP contribution < -0.4 is 5.32 Å². The van der Waals surface area contributed by atoms with Gasteiger partial charge in [-0.3, -0.25) is 4.79 Å². The van der Waals surface area contributed by atoms with Gasteiger partial charge in [-0.1, -0.05) is 48.5 Å². The molecule has 1 aliphatic heterocycles. The normalized spacial score (nSPS) is 22.4. The highest BCUT2D eigenvalue weighted by Crippen LogP contribution is 2.44. The number of thioether (sulfide) groups is 1. The summed E-state index contributed by atoms with van der Waals surface area (Å²) in [7, 11) is 0. The topological polar surface area (TPSA) is 95.9 Å². The number of hydrogen-bond acceptors (Lipinski definition) is 5. The molecule has 2 aromatic carbocycles. The third-order valence-corrected chi connectivity index (χ3v) is 7.96. The average Bonchev–Trinajstić information content (AvgIpc) is 3.50. The van der Waals surface area contributed by atoms with Crippen LogP contribution in [0.25, 0.3) is 11.1 Å². The van der Waals surface area contributed by atoms with Gasteiger partial charge in [0, 0.05) is 11.7 Å². The summed E-state index contributed by atoms with van der Waals surface area (Å²) in [5.41, 5.74) is 4.53. The van der Waals surface area contributed by atoms with Gasteiger partial charge in [-0.25, -0.2) is 9.59 Å². The number of alkyl carbamates (subject to hydrolysis) is 1. The number of nitrogens with one attached hydrogen (secondary N) is 1. The van der Waals surface area contributed by atoms with Crippen molar-refractivity contribution in [2.75, 3.05) is 12.4 Å². The summed E-state index contributed by atoms with van der Waals surface area (Å²) < 4.78 is 5.62. The molecule has 0 radical (unpaired) electrons. The standard InChI is InChI=1S/C25H26N2O5S/c1-14-27(21(13-33-14)24(29)30)23(28)22(15-10-11-15)26-25(31)32-12-20-18-8-4-2-6-16(18)17-7-3-5-9-19(17)20/h2-9,14-15,20-22H,10-13H2,1H3,(H,26,31)(H,29,30). The summed E-state index contributed by atoms with van der Waals surface area (Å²) in [6.07, 6.45) is 1.01. The lowest BCUT2D eigenvalue weighted by Gasteiger charge is -2.29. The largest absolute Gasteiger partial charge is 0.480 e. The van der Waals surface area contributed by atoms with Gasteiger partial charge in [0.15, 0.2) is 0 Å². The Labute approximate surface area is 196 Å². The molecular formula is C25H26N2O5S. The number of carbonyl (C=O) groups is 3. The Morgan fingerprint density at radius 2 is 1.70 bits per heavy atom. The Bertz CT molecular complexity index is 1060. The van der Waals surface area contributed by atoms with E-state index in [1.165, 1.54) is 16.7 Å². The molecule has 172 valence electrons. The van der Waals surface area contributed by atoms with E-state index < -0.39 is 24.1 Å². The van der Waals surface area contributed by atoms with E-state index in [9.17, 15) is 19.5 Å². The quantitative estimate of drug-likeness (QED) is 0.674. The Hall–Kier alpha value is -3.00. The summed E-state index contributed by atoms with van der Waals surface area (Å²) in [5, 5.41) is 12.0. The average molecular weight is 467 g/mol. The van der Waals surface area contributed by atoms with Crippen LogP contribution >= 0.6 is 11.8 Å². The van der Waals surface area contributed by atoms with Gasteiger partial charge in [0.1, 0.15) is 18.7 Å². The zero-order chi connectivity index (χ0) is 23.1. The minimum absolute atomic E-state index is 0.0187. The van der Waals surface area contributed by atoms with E-state index in [1.807, 2.05) is 31.2 Å². The van der Waals surface area contributed by atoms with Gasteiger partial charge in [0.25, 0.3) is 0 Å². The fraction of sp³-hybridized carbons (Fsp3) is 0.400. The molecule has 33 heavy (non-hydrogen) atoms. The van der Waals surface area contributed by atoms with E-state index in [-0.39, 0.29) is 29.7 Å². The number of fused-ring (bicyclic) bond motifs is 3. The number of aliphatic carboxylic acids is 1. The zero-order valence-corrected chi connectivity index (χ0v) is 19.1. The molecule has 0 bridgehead atoms. The highest BCUT2D eigenvalue weighted by atomic mass is 32.2. The van der Waals surface area contributed by atoms with Gasteiger partial charge in [-0.15, -0.1) is 11.8 Å². The maximum Gasteiger partial charge on any atom is 0.407 e. The van der Waals surface area contributed by atoms with Crippen molar-refractivity contribution >= 4 is 29.7 Å². The Morgan fingerprint density at radius 1 is 1.09 bits per heavy atom. The van der Waals surface area contributed by atoms with Crippen molar-refractivity contribution in [3.8, 4) is 11.1 Å². The number of carboxylic acid groups (broad SMARTS) is 1. The van der Waals surface area contributed by atoms with Crippen molar-refractivity contribution in [2.24, 2.45) is 5.92 Å². The van der Waals surface area contributed by atoms with Crippen LogP contribution in [0.3, 0.4) is 0 Å². The van der Waals surface area contributed by atoms with Crippen molar-refractivity contribution in [2.45, 2.75) is 43.1 Å². The first-order valence-corrected chi connectivity index (χ1v) is 12.3. The molecule has 2 aromatic rings. The lowest BCUT2D eigenvalue weighted by molar-refractivity contribution is -0.150. The number of nitrogens with zero attached hydrogens (tertiary/aromatic N) is 1. The van der Waals surface area contributed by atoms with Crippen molar-refractivity contribution in [3.05, 3.63) is 59.7 Å². The van der Waals surface area contributed by atoms with Crippen LogP contribution in [-0.4, -0.2) is 57.8 Å². The number of amides is 2. The molecule has 3 atom stereocenters. The van der Waals surface area contributed by atoms with Crippen LogP contribution in [0.5, 0.6) is 0 Å². The number of hydrogen-bond donors (Lipinski definition) is 2. The SMILES string of the molecule is CC1SCC(C(=O)O)N1C(=O)C(NC(=O)OCC1c2ccccc2-c2ccccc21)C1CC1. The molecule has 7 nitrogen and oxygen atoms in total. The Kier molecular flexibility index (Phi) is 5.78. The number of ether oxygens (including phenoxy) is 1. The lowest BCUT2D eigenvalue weighted by Crippen LogP contribution is -2.55. The van der Waals surface area contributed by atoms with E-state index in [1.54, 1.807) is 0 Å². The number of benzene rings is 2. The Morgan fingerprint density at radius 3 is 2.27 bits per heavy atom. The first-order chi connectivity index (χ1) is 16.0. The molecule has 1 saturated heterocycles. The molecule has 1 heterocycles. The third kappa shape index (κ3) is 4.08. The molecule has 0 aromatic heterocycles. The summed E-state index contributed by atoms with van der Waals surface area (Å²) >= 11 is 1.43. The van der Waals surface area contributed by atoms with Gasteiger partial charge in [0.2, 0.25) is 5.91 Å². The van der Waals surface area contributed by atoms with Crippen molar-refractivity contribution < 1.29 is 24.2 Å². The predicted octanol–water partition coefficient (Wildman–Crippen LogP) is 3.68. The van der Waals surface area contributed by atoms with Gasteiger partial charge in [-0.05, 0) is 47.9 Å². The van der Waals surface area contributed by atoms with E-state index in [0.717, 1.165) is 35.1 Å². The molecule has 1 saturated carbocycles. The second-order valence-electron chi connectivity index (χ2n) is 8.82. The Balaban J connectivity index is 1.28. The van der Waals surface area contributed by atoms with E-state index in [2.05, 4.69) is 29.6 Å². The zero-order valence-electron chi connectivity index (χ0n) is 18.3. The van der Waals surface area contributed by atoms with Gasteiger partial charge in [0.05, 0.1) is 5.37 Å². The third-order valence-electron chi connectivity index (χ3n) is 6.74. The fourth-order valence-electron chi connectivity index (χ4n) is 4.91. The minimum atomic E-state index is -1.02. The first kappa shape index (κ1) is 21.8. The summed E-state index contributed by atoms with van der Waals surface area (Å²) in [6, 6.07) is 14.6. The highest BCUT2D eigenvalue weighted by Gasteiger charge is 2.46. The van der Waals surface area contributed by atoms with Crippen molar-refractivity contribution in [1.82, 2.24) is 10.2 Å². The maximum atomic E-state index is 13.3. The first-order valence-electron chi connectivity index (χ1n) is 11.2. The van der Waals surface area contributed by atoms with Gasteiger partial charge < -0.3 is 20.1 Å². The van der Waals surface area contributed by atoms with Crippen molar-refractivity contribution in [3.63, 3.8) is 0 Å². The number of carbonyl (C=O) groups excluding carboxylic acids is 2. The predicted molar refractivity (Wildman–Crippen MR) is 125 cm³/mol. The molecule has 2 amide bonds. The summed E-state index contributed by atoms with van der Waals surface area (Å²) in [5.74, 6) is -1.05. The minimum Gasteiger partial charge on any atom is -0.480 e. The van der Waals surface area contributed by atoms with Crippen LogP contribution in [0.1, 0.15) is 36.8 Å². The number of rotatable bonds is 6. The second-order valence-corrected chi connectivity index (χ2v) is 10.2. The number of carboxylic acids is 1. The molecule has 2 aliphatic carbocycles. The molecule has 0 spiro atoms. The second kappa shape index (κ2) is 8.74. The molecule has 8 heteroatoms. The molecule has 2 N–H and O–H groups in total.